The molecule has 1 unspecified atom stereocenters. The largest absolute Gasteiger partial charge is 0.490 e. The molecule has 1 aliphatic rings. The molecule has 0 saturated heterocycles. The lowest BCUT2D eigenvalue weighted by atomic mass is 9.94. The number of benzene rings is 2. The van der Waals surface area contributed by atoms with Crippen LogP contribution in [-0.4, -0.2) is 33.9 Å². The first-order valence-corrected chi connectivity index (χ1v) is 11.2. The molecule has 0 saturated carbocycles. The first-order chi connectivity index (χ1) is 16.0. The van der Waals surface area contributed by atoms with Crippen molar-refractivity contribution in [2.45, 2.75) is 40.2 Å². The molecule has 1 atom stereocenters. The summed E-state index contributed by atoms with van der Waals surface area (Å²) in [6, 6.07) is 13.0. The van der Waals surface area contributed by atoms with Gasteiger partial charge in [-0.1, -0.05) is 30.7 Å². The second-order valence-corrected chi connectivity index (χ2v) is 7.90. The molecule has 1 aromatic heterocycles. The maximum atomic E-state index is 13.5. The second-order valence-electron chi connectivity index (χ2n) is 7.90. The van der Waals surface area contributed by atoms with Gasteiger partial charge in [-0.3, -0.25) is 4.79 Å². The van der Waals surface area contributed by atoms with Gasteiger partial charge in [0.15, 0.2) is 11.5 Å². The third-order valence-corrected chi connectivity index (χ3v) is 5.39. The molecule has 2 aromatic carbocycles. The fourth-order valence-electron chi connectivity index (χ4n) is 3.82. The van der Waals surface area contributed by atoms with E-state index in [1.807, 2.05) is 63.2 Å². The molecule has 2 N–H and O–H groups in total. The minimum atomic E-state index is -0.478. The van der Waals surface area contributed by atoms with Crippen molar-refractivity contribution in [3.8, 4) is 11.5 Å². The average Bonchev–Trinajstić information content (AvgIpc) is 3.27. The summed E-state index contributed by atoms with van der Waals surface area (Å²) in [5.74, 6) is 1.69. The highest BCUT2D eigenvalue weighted by Gasteiger charge is 2.34. The summed E-state index contributed by atoms with van der Waals surface area (Å²) in [6.45, 7) is 8.97. The normalized spacial score (nSPS) is 15.0. The van der Waals surface area contributed by atoms with Crippen molar-refractivity contribution in [3.63, 3.8) is 0 Å². The van der Waals surface area contributed by atoms with Crippen LogP contribution in [0.1, 0.15) is 44.4 Å². The van der Waals surface area contributed by atoms with E-state index in [0.29, 0.717) is 36.2 Å². The summed E-state index contributed by atoms with van der Waals surface area (Å²) in [5, 5.41) is 10.6. The van der Waals surface area contributed by atoms with Crippen LogP contribution in [0.5, 0.6) is 11.5 Å². The lowest BCUT2D eigenvalue weighted by molar-refractivity contribution is -0.113. The number of nitrogens with one attached hydrogen (secondary N) is 2. The Bertz CT molecular complexity index is 1170. The lowest BCUT2D eigenvalue weighted by Crippen LogP contribution is -2.31. The van der Waals surface area contributed by atoms with Gasteiger partial charge in [0, 0.05) is 11.4 Å². The molecule has 0 spiro atoms. The summed E-state index contributed by atoms with van der Waals surface area (Å²) < 4.78 is 13.4. The van der Waals surface area contributed by atoms with Crippen molar-refractivity contribution in [2.24, 2.45) is 0 Å². The zero-order valence-corrected chi connectivity index (χ0v) is 19.4. The fourth-order valence-corrected chi connectivity index (χ4v) is 3.82. The number of hydrogen-bond donors (Lipinski definition) is 2. The van der Waals surface area contributed by atoms with Gasteiger partial charge in [0.2, 0.25) is 5.95 Å². The number of aryl methyl sites for hydroxylation is 1. The predicted molar refractivity (Wildman–Crippen MR) is 128 cm³/mol. The van der Waals surface area contributed by atoms with Gasteiger partial charge in [0.25, 0.3) is 5.91 Å². The average molecular weight is 448 g/mol. The lowest BCUT2D eigenvalue weighted by Gasteiger charge is -2.29. The van der Waals surface area contributed by atoms with Crippen molar-refractivity contribution in [1.29, 1.82) is 0 Å². The van der Waals surface area contributed by atoms with Gasteiger partial charge >= 0.3 is 0 Å². The van der Waals surface area contributed by atoms with Crippen LogP contribution in [-0.2, 0) is 4.79 Å². The van der Waals surface area contributed by atoms with Crippen LogP contribution in [0.3, 0.4) is 0 Å². The van der Waals surface area contributed by atoms with Crippen LogP contribution in [0.2, 0.25) is 0 Å². The number of amides is 1. The number of hydrogen-bond acceptors (Lipinski definition) is 6. The Morgan fingerprint density at radius 2 is 1.88 bits per heavy atom. The van der Waals surface area contributed by atoms with E-state index in [1.165, 1.54) is 6.33 Å². The van der Waals surface area contributed by atoms with E-state index in [-0.39, 0.29) is 5.91 Å². The SMILES string of the molecule is CCCOc1ccc(C2C(C(=O)Nc3ccc(C)cc3)=C(C)Nc3ncnn32)cc1OCC. The number of allylic oxidation sites excluding steroid dienone is 1. The quantitative estimate of drug-likeness (QED) is 0.520. The number of carbonyl (C=O) groups is 1. The maximum Gasteiger partial charge on any atom is 0.255 e. The van der Waals surface area contributed by atoms with E-state index in [9.17, 15) is 4.79 Å². The van der Waals surface area contributed by atoms with E-state index in [2.05, 4.69) is 27.6 Å². The van der Waals surface area contributed by atoms with Gasteiger partial charge in [0.1, 0.15) is 12.4 Å². The molecule has 1 aliphatic heterocycles. The maximum absolute atomic E-state index is 13.5. The zero-order valence-electron chi connectivity index (χ0n) is 19.4. The van der Waals surface area contributed by atoms with E-state index in [1.54, 1.807) is 4.68 Å². The van der Waals surface area contributed by atoms with Crippen LogP contribution >= 0.6 is 0 Å². The molecule has 2 heterocycles. The molecule has 8 nitrogen and oxygen atoms in total. The van der Waals surface area contributed by atoms with Crippen molar-refractivity contribution in [3.05, 3.63) is 71.2 Å². The van der Waals surface area contributed by atoms with Gasteiger partial charge in [0.05, 0.1) is 18.8 Å². The summed E-state index contributed by atoms with van der Waals surface area (Å²) in [6.07, 6.45) is 2.38. The number of nitrogens with zero attached hydrogens (tertiary/aromatic N) is 3. The molecule has 3 aromatic rings. The first-order valence-electron chi connectivity index (χ1n) is 11.2. The molecule has 8 heteroatoms. The number of rotatable bonds is 8. The Morgan fingerprint density at radius 1 is 1.09 bits per heavy atom. The Morgan fingerprint density at radius 3 is 2.61 bits per heavy atom. The summed E-state index contributed by atoms with van der Waals surface area (Å²) in [5.41, 5.74) is 3.98. The molecule has 172 valence electrons. The Kier molecular flexibility index (Phi) is 6.63. The third kappa shape index (κ3) is 4.69. The smallest absolute Gasteiger partial charge is 0.255 e. The minimum Gasteiger partial charge on any atom is -0.490 e. The Labute approximate surface area is 193 Å². The molecule has 0 aliphatic carbocycles. The summed E-state index contributed by atoms with van der Waals surface area (Å²) in [4.78, 5) is 17.8. The summed E-state index contributed by atoms with van der Waals surface area (Å²) in [7, 11) is 0. The molecule has 0 radical (unpaired) electrons. The second kappa shape index (κ2) is 9.77. The van der Waals surface area contributed by atoms with Gasteiger partial charge < -0.3 is 20.1 Å². The van der Waals surface area contributed by atoms with Crippen LogP contribution < -0.4 is 20.1 Å². The number of carbonyl (C=O) groups excluding carboxylic acids is 1. The molecule has 4 rings (SSSR count). The molecular formula is C25H29N5O3. The standard InChI is InChI=1S/C25H29N5O3/c1-5-13-33-20-12-9-18(14-21(20)32-6-2)23-22(17(4)28-25-26-15-27-30(23)25)24(31)29-19-10-7-16(3)8-11-19/h7-12,14-15,23H,5-6,13H2,1-4H3,(H,29,31)(H,26,27,28). The van der Waals surface area contributed by atoms with E-state index in [4.69, 9.17) is 9.47 Å². The van der Waals surface area contributed by atoms with Crippen molar-refractivity contribution in [2.75, 3.05) is 23.8 Å². The van der Waals surface area contributed by atoms with Gasteiger partial charge in [-0.15, -0.1) is 0 Å². The topological polar surface area (TPSA) is 90.3 Å². The molecule has 1 amide bonds. The number of fused-ring (bicyclic) bond motifs is 1. The minimum absolute atomic E-state index is 0.209. The van der Waals surface area contributed by atoms with Crippen LogP contribution in [0.25, 0.3) is 0 Å². The van der Waals surface area contributed by atoms with E-state index in [0.717, 1.165) is 28.9 Å². The van der Waals surface area contributed by atoms with E-state index >= 15 is 0 Å². The van der Waals surface area contributed by atoms with Crippen LogP contribution in [0.15, 0.2) is 60.1 Å². The van der Waals surface area contributed by atoms with Crippen molar-refractivity contribution >= 4 is 17.5 Å². The van der Waals surface area contributed by atoms with Crippen molar-refractivity contribution < 1.29 is 14.3 Å². The number of ether oxygens (including phenoxy) is 2. The van der Waals surface area contributed by atoms with E-state index < -0.39 is 6.04 Å². The predicted octanol–water partition coefficient (Wildman–Crippen LogP) is 4.70. The van der Waals surface area contributed by atoms with Gasteiger partial charge in [-0.2, -0.15) is 10.1 Å². The highest BCUT2D eigenvalue weighted by molar-refractivity contribution is 6.06. The first kappa shape index (κ1) is 22.4. The molecule has 0 bridgehead atoms. The molecule has 33 heavy (non-hydrogen) atoms. The highest BCUT2D eigenvalue weighted by atomic mass is 16.5. The van der Waals surface area contributed by atoms with Crippen molar-refractivity contribution in [1.82, 2.24) is 14.8 Å². The third-order valence-electron chi connectivity index (χ3n) is 5.39. The Hall–Kier alpha value is -3.81. The van der Waals surface area contributed by atoms with Crippen LogP contribution in [0, 0.1) is 6.92 Å². The molecule has 0 fully saturated rings. The van der Waals surface area contributed by atoms with Crippen LogP contribution in [0.4, 0.5) is 11.6 Å². The van der Waals surface area contributed by atoms with Gasteiger partial charge in [-0.25, -0.2) is 4.68 Å². The fraction of sp³-hybridized carbons (Fsp3) is 0.320. The summed E-state index contributed by atoms with van der Waals surface area (Å²) >= 11 is 0. The monoisotopic (exact) mass is 447 g/mol. The van der Waals surface area contributed by atoms with Gasteiger partial charge in [-0.05, 0) is 57.0 Å². The Balaban J connectivity index is 1.74. The highest BCUT2D eigenvalue weighted by Crippen LogP contribution is 2.39. The molecular weight excluding hydrogens is 418 g/mol. The number of anilines is 2. The zero-order chi connectivity index (χ0) is 23.4. The number of aromatic nitrogens is 3.